The Kier molecular flexibility index (Phi) is 23.5. The molecule has 3 aromatic rings. The average Bonchev–Trinajstić information content (AvgIpc) is 4.06. The fraction of sp³-hybridized carbons (Fsp3) is 0.538. The smallest absolute Gasteiger partial charge is 0.326 e. The number of rotatable bonds is 29. The summed E-state index contributed by atoms with van der Waals surface area (Å²) in [5.41, 5.74) is 19.1. The summed E-state index contributed by atoms with van der Waals surface area (Å²) in [7, 11) is 0. The maximum absolute atomic E-state index is 14.5. The van der Waals surface area contributed by atoms with Gasteiger partial charge in [-0.25, -0.2) is 9.78 Å². The Labute approximate surface area is 433 Å². The summed E-state index contributed by atoms with van der Waals surface area (Å²) in [4.78, 5) is 123. The Hall–Kier alpha value is -7.36. The fourth-order valence-electron chi connectivity index (χ4n) is 8.66. The van der Waals surface area contributed by atoms with E-state index >= 15 is 0 Å². The lowest BCUT2D eigenvalue weighted by atomic mass is 9.98. The van der Waals surface area contributed by atoms with Crippen LogP contribution in [0.4, 0.5) is 0 Å². The number of aliphatic carboxylic acids is 1. The number of guanidine groups is 1. The SMILES string of the molecule is CC(C)C[C@H](NC(=O)[C@H](Cc1ccccc1)NC(=O)[C@@H]1CCCN1C(=O)[C@@H](N)Cc1cnc[nH]1)C(=O)N[C@@H](Cc1ccccc1)C(=O)N[C@@H](CC(C)C)C(=O)N[C@H](C(=O)N[C@@H](CCCN=C(N)N)C(=O)O)C(C)C. The van der Waals surface area contributed by atoms with Crippen LogP contribution in [0.5, 0.6) is 0 Å². The number of carboxylic acid groups (broad SMARTS) is 1. The van der Waals surface area contributed by atoms with E-state index in [4.69, 9.17) is 17.2 Å². The molecule has 1 aliphatic heterocycles. The zero-order chi connectivity index (χ0) is 54.5. The van der Waals surface area contributed by atoms with E-state index in [2.05, 4.69) is 46.9 Å². The molecule has 74 heavy (non-hydrogen) atoms. The van der Waals surface area contributed by atoms with Crippen LogP contribution < -0.4 is 49.1 Å². The van der Waals surface area contributed by atoms with Crippen molar-refractivity contribution in [3.05, 3.63) is 90.0 Å². The van der Waals surface area contributed by atoms with E-state index in [-0.39, 0.29) is 69.3 Å². The minimum Gasteiger partial charge on any atom is -0.480 e. The Morgan fingerprint density at radius 2 is 1.19 bits per heavy atom. The number of nitrogens with zero attached hydrogens (tertiary/aromatic N) is 3. The Morgan fingerprint density at radius 3 is 1.68 bits per heavy atom. The molecule has 2 heterocycles. The van der Waals surface area contributed by atoms with Crippen LogP contribution in [-0.4, -0.2) is 135 Å². The van der Waals surface area contributed by atoms with Gasteiger partial charge in [0.05, 0.1) is 12.4 Å². The van der Waals surface area contributed by atoms with Gasteiger partial charge in [-0.15, -0.1) is 0 Å². The number of carbonyl (C=O) groups is 8. The first-order valence-electron chi connectivity index (χ1n) is 25.3. The summed E-state index contributed by atoms with van der Waals surface area (Å²) in [5, 5.41) is 26.4. The van der Waals surface area contributed by atoms with Crippen LogP contribution in [-0.2, 0) is 57.6 Å². The molecule has 7 amide bonds. The molecule has 8 atom stereocenters. The number of nitrogens with two attached hydrogens (primary N) is 3. The van der Waals surface area contributed by atoms with Crippen LogP contribution in [0.15, 0.2) is 78.2 Å². The minimum atomic E-state index is -1.30. The van der Waals surface area contributed by atoms with Gasteiger partial charge < -0.3 is 64.1 Å². The zero-order valence-electron chi connectivity index (χ0n) is 43.3. The Morgan fingerprint density at radius 1 is 0.689 bits per heavy atom. The number of aliphatic imine (C=N–C) groups is 1. The average molecular weight is 1030 g/mol. The second-order valence-electron chi connectivity index (χ2n) is 20.0. The number of benzene rings is 2. The lowest BCUT2D eigenvalue weighted by molar-refractivity contribution is -0.143. The van der Waals surface area contributed by atoms with Crippen molar-refractivity contribution in [1.82, 2.24) is 46.8 Å². The molecule has 0 saturated carbocycles. The van der Waals surface area contributed by atoms with Crippen LogP contribution in [0.3, 0.4) is 0 Å². The molecule has 1 fully saturated rings. The number of carboxylic acids is 1. The highest BCUT2D eigenvalue weighted by Gasteiger charge is 2.39. The van der Waals surface area contributed by atoms with Gasteiger partial charge in [0.15, 0.2) is 5.96 Å². The predicted octanol–water partition coefficient (Wildman–Crippen LogP) is 0.551. The highest BCUT2D eigenvalue weighted by molar-refractivity contribution is 5.98. The van der Waals surface area contributed by atoms with Crippen molar-refractivity contribution < 1.29 is 43.5 Å². The number of H-pyrrole nitrogens is 1. The first-order chi connectivity index (χ1) is 35.1. The molecular weight excluding hydrogens is 951 g/mol. The second kappa shape index (κ2) is 29.4. The summed E-state index contributed by atoms with van der Waals surface area (Å²) < 4.78 is 0. The summed E-state index contributed by atoms with van der Waals surface area (Å²) in [6, 6.07) is 8.72. The molecule has 4 rings (SSSR count). The molecule has 404 valence electrons. The van der Waals surface area contributed by atoms with Gasteiger partial charge in [-0.1, -0.05) is 102 Å². The van der Waals surface area contributed by atoms with Gasteiger partial charge >= 0.3 is 5.97 Å². The van der Waals surface area contributed by atoms with Crippen molar-refractivity contribution in [1.29, 1.82) is 0 Å². The number of likely N-dealkylation sites (tertiary alicyclic amines) is 1. The first-order valence-corrected chi connectivity index (χ1v) is 25.3. The molecule has 0 bridgehead atoms. The second-order valence-corrected chi connectivity index (χ2v) is 20.0. The molecule has 14 N–H and O–H groups in total. The largest absolute Gasteiger partial charge is 0.480 e. The van der Waals surface area contributed by atoms with Crippen molar-refractivity contribution >= 4 is 53.3 Å². The van der Waals surface area contributed by atoms with E-state index in [1.165, 1.54) is 11.2 Å². The molecule has 22 heteroatoms. The van der Waals surface area contributed by atoms with E-state index in [1.807, 2.05) is 33.8 Å². The third-order valence-corrected chi connectivity index (χ3v) is 12.5. The molecule has 1 aromatic heterocycles. The summed E-state index contributed by atoms with van der Waals surface area (Å²) in [5.74, 6) is -6.72. The molecular formula is C52H77N13O9. The van der Waals surface area contributed by atoms with Crippen LogP contribution in [0.25, 0.3) is 0 Å². The summed E-state index contributed by atoms with van der Waals surface area (Å²) in [6.45, 7) is 11.2. The minimum absolute atomic E-state index is 0.0107. The number of amides is 7. The van der Waals surface area contributed by atoms with Gasteiger partial charge in [-0.05, 0) is 67.4 Å². The molecule has 1 saturated heterocycles. The van der Waals surface area contributed by atoms with Crippen LogP contribution in [0.2, 0.25) is 0 Å². The van der Waals surface area contributed by atoms with E-state index in [0.717, 1.165) is 5.56 Å². The van der Waals surface area contributed by atoms with Crippen molar-refractivity contribution in [3.8, 4) is 0 Å². The fourth-order valence-corrected chi connectivity index (χ4v) is 8.66. The summed E-state index contributed by atoms with van der Waals surface area (Å²) in [6.07, 6.45) is 4.71. The van der Waals surface area contributed by atoms with E-state index in [1.54, 1.807) is 74.6 Å². The summed E-state index contributed by atoms with van der Waals surface area (Å²) >= 11 is 0. The third kappa shape index (κ3) is 19.2. The molecule has 0 aliphatic carbocycles. The highest BCUT2D eigenvalue weighted by Crippen LogP contribution is 2.20. The predicted molar refractivity (Wildman–Crippen MR) is 278 cm³/mol. The molecule has 2 aromatic carbocycles. The maximum Gasteiger partial charge on any atom is 0.326 e. The molecule has 0 spiro atoms. The van der Waals surface area contributed by atoms with Crippen LogP contribution >= 0.6 is 0 Å². The van der Waals surface area contributed by atoms with E-state index < -0.39 is 102 Å². The Balaban J connectivity index is 1.55. The van der Waals surface area contributed by atoms with Gasteiger partial charge in [-0.3, -0.25) is 38.6 Å². The lowest BCUT2D eigenvalue weighted by Gasteiger charge is -2.30. The van der Waals surface area contributed by atoms with Gasteiger partial charge in [-0.2, -0.15) is 0 Å². The van der Waals surface area contributed by atoms with Crippen molar-refractivity contribution in [2.24, 2.45) is 39.9 Å². The van der Waals surface area contributed by atoms with Crippen molar-refractivity contribution in [3.63, 3.8) is 0 Å². The topological polar surface area (TPSA) is 351 Å². The highest BCUT2D eigenvalue weighted by atomic mass is 16.4. The van der Waals surface area contributed by atoms with Gasteiger partial charge in [0.2, 0.25) is 41.4 Å². The number of hydrogen-bond donors (Lipinski definition) is 11. The van der Waals surface area contributed by atoms with E-state index in [9.17, 15) is 43.5 Å². The van der Waals surface area contributed by atoms with Crippen molar-refractivity contribution in [2.45, 2.75) is 148 Å². The van der Waals surface area contributed by atoms with Crippen LogP contribution in [0, 0.1) is 17.8 Å². The zero-order valence-corrected chi connectivity index (χ0v) is 43.3. The number of hydrogen-bond acceptors (Lipinski definition) is 11. The number of imidazole rings is 1. The quantitative estimate of drug-likeness (QED) is 0.0258. The third-order valence-electron chi connectivity index (χ3n) is 12.5. The molecule has 0 radical (unpaired) electrons. The molecule has 1 aliphatic rings. The normalized spacial score (nSPS) is 16.2. The number of aromatic amines is 1. The van der Waals surface area contributed by atoms with Crippen LogP contribution in [0.1, 0.15) is 96.9 Å². The van der Waals surface area contributed by atoms with E-state index in [0.29, 0.717) is 30.6 Å². The van der Waals surface area contributed by atoms with Crippen molar-refractivity contribution in [2.75, 3.05) is 13.1 Å². The molecule has 0 unspecified atom stereocenters. The lowest BCUT2D eigenvalue weighted by Crippen LogP contribution is -2.61. The Bertz CT molecular complexity index is 2340. The molecule has 22 nitrogen and oxygen atoms in total. The standard InChI is InChI=1S/C52H77N13O9/c1-30(2)23-38(60-46(68)41(26-34-17-11-8-12-18-34)63-48(70)42-20-14-22-65(42)50(72)36(53)27-35-28-56-29-58-35)44(66)62-40(25-33-15-9-7-10-16-33)45(67)61-39(24-31(3)4)47(69)64-43(32(5)6)49(71)59-37(51(73)74)19-13-21-57-52(54)55/h7-12,15-18,28-32,36-43H,13-14,19-27,53H2,1-6H3,(H,56,58)(H,59,71)(H,60,68)(H,61,67)(H,62,66)(H,63,70)(H,64,69)(H,73,74)(H4,54,55,57)/t36-,37-,38-,39-,40-,41-,42-,43-/m0/s1. The maximum atomic E-state index is 14.5. The van der Waals surface area contributed by atoms with Gasteiger partial charge in [0.1, 0.15) is 42.3 Å². The number of carbonyl (C=O) groups excluding carboxylic acids is 7. The monoisotopic (exact) mass is 1030 g/mol. The first kappa shape index (κ1) is 59.2. The number of aromatic nitrogens is 2. The van der Waals surface area contributed by atoms with Gasteiger partial charge in [0.25, 0.3) is 0 Å². The number of nitrogens with one attached hydrogen (secondary N) is 7. The van der Waals surface area contributed by atoms with Gasteiger partial charge in [0, 0.05) is 44.2 Å².